The first-order valence-electron chi connectivity index (χ1n) is 4.60. The fourth-order valence-corrected chi connectivity index (χ4v) is 2.43. The molecular formula is C9H16N2O2S. The van der Waals surface area contributed by atoms with Gasteiger partial charge in [-0.25, -0.2) is 13.1 Å². The molecule has 0 aromatic carbocycles. The Labute approximate surface area is 85.0 Å². The fourth-order valence-electron chi connectivity index (χ4n) is 1.05. The van der Waals surface area contributed by atoms with Crippen LogP contribution in [0.1, 0.15) is 20.3 Å². The maximum atomic E-state index is 11.7. The first kappa shape index (κ1) is 11.3. The molecule has 1 aromatic rings. The van der Waals surface area contributed by atoms with Crippen LogP contribution in [0.15, 0.2) is 23.4 Å². The number of rotatable bonds is 4. The minimum Gasteiger partial charge on any atom is -0.356 e. The Morgan fingerprint density at radius 2 is 2.21 bits per heavy atom. The quantitative estimate of drug-likeness (QED) is 0.819. The van der Waals surface area contributed by atoms with E-state index in [0.717, 1.165) is 6.42 Å². The monoisotopic (exact) mass is 216 g/mol. The lowest BCUT2D eigenvalue weighted by Gasteiger charge is -2.10. The van der Waals surface area contributed by atoms with Gasteiger partial charge in [0.15, 0.2) is 0 Å². The number of hydrogen-bond acceptors (Lipinski definition) is 2. The highest BCUT2D eigenvalue weighted by Gasteiger charge is 2.16. The van der Waals surface area contributed by atoms with Gasteiger partial charge in [-0.1, -0.05) is 6.92 Å². The minimum absolute atomic E-state index is 0.0276. The van der Waals surface area contributed by atoms with E-state index >= 15 is 0 Å². The highest BCUT2D eigenvalue weighted by atomic mass is 32.2. The lowest BCUT2D eigenvalue weighted by Crippen LogP contribution is -2.31. The van der Waals surface area contributed by atoms with Crippen LogP contribution < -0.4 is 4.72 Å². The van der Waals surface area contributed by atoms with Crippen LogP contribution in [0.5, 0.6) is 0 Å². The molecule has 0 saturated carbocycles. The van der Waals surface area contributed by atoms with Gasteiger partial charge in [-0.3, -0.25) is 0 Å². The molecule has 14 heavy (non-hydrogen) atoms. The normalized spacial score (nSPS) is 14.2. The third-order valence-corrected chi connectivity index (χ3v) is 3.66. The summed E-state index contributed by atoms with van der Waals surface area (Å²) in [4.78, 5) is 0.320. The molecule has 0 aliphatic carbocycles. The Morgan fingerprint density at radius 3 is 2.64 bits per heavy atom. The summed E-state index contributed by atoms with van der Waals surface area (Å²) in [6.45, 7) is 3.79. The molecule has 0 aliphatic rings. The molecule has 0 fully saturated rings. The van der Waals surface area contributed by atoms with Crippen LogP contribution in [0.25, 0.3) is 0 Å². The standard InChI is InChI=1S/C9H16N2O2S/c1-4-8(2)10-14(12,13)9-5-6-11(3)7-9/h5-8,10H,4H2,1-3H3. The summed E-state index contributed by atoms with van der Waals surface area (Å²) in [5.74, 6) is 0. The molecule has 0 aliphatic heterocycles. The van der Waals surface area contributed by atoms with E-state index in [1.807, 2.05) is 13.8 Å². The van der Waals surface area contributed by atoms with E-state index in [1.165, 1.54) is 0 Å². The molecule has 0 amide bonds. The van der Waals surface area contributed by atoms with Crippen molar-refractivity contribution in [3.05, 3.63) is 18.5 Å². The lowest BCUT2D eigenvalue weighted by molar-refractivity contribution is 0.555. The summed E-state index contributed by atoms with van der Waals surface area (Å²) in [5.41, 5.74) is 0. The van der Waals surface area contributed by atoms with Crippen molar-refractivity contribution in [2.24, 2.45) is 7.05 Å². The van der Waals surface area contributed by atoms with Crippen LogP contribution >= 0.6 is 0 Å². The second-order valence-electron chi connectivity index (χ2n) is 3.44. The van der Waals surface area contributed by atoms with Crippen molar-refractivity contribution in [3.63, 3.8) is 0 Å². The van der Waals surface area contributed by atoms with Crippen molar-refractivity contribution >= 4 is 10.0 Å². The van der Waals surface area contributed by atoms with Gasteiger partial charge in [0.25, 0.3) is 0 Å². The highest BCUT2D eigenvalue weighted by molar-refractivity contribution is 7.89. The van der Waals surface area contributed by atoms with Crippen LogP contribution in [0.4, 0.5) is 0 Å². The third-order valence-electron chi connectivity index (χ3n) is 2.08. The molecule has 1 heterocycles. The zero-order chi connectivity index (χ0) is 10.8. The van der Waals surface area contributed by atoms with Crippen molar-refractivity contribution in [2.75, 3.05) is 0 Å². The highest BCUT2D eigenvalue weighted by Crippen LogP contribution is 2.09. The van der Waals surface area contributed by atoms with E-state index in [-0.39, 0.29) is 6.04 Å². The Morgan fingerprint density at radius 1 is 1.57 bits per heavy atom. The first-order chi connectivity index (χ1) is 6.45. The maximum Gasteiger partial charge on any atom is 0.242 e. The number of hydrogen-bond donors (Lipinski definition) is 1. The van der Waals surface area contributed by atoms with Crippen LogP contribution in [0.3, 0.4) is 0 Å². The number of nitrogens with zero attached hydrogens (tertiary/aromatic N) is 1. The van der Waals surface area contributed by atoms with E-state index < -0.39 is 10.0 Å². The molecule has 1 unspecified atom stereocenters. The summed E-state index contributed by atoms with van der Waals surface area (Å²) in [7, 11) is -1.53. The zero-order valence-electron chi connectivity index (χ0n) is 8.69. The zero-order valence-corrected chi connectivity index (χ0v) is 9.50. The van der Waals surface area contributed by atoms with E-state index in [9.17, 15) is 8.42 Å². The average Bonchev–Trinajstić information content (AvgIpc) is 2.51. The SMILES string of the molecule is CCC(C)NS(=O)(=O)c1ccn(C)c1. The minimum atomic E-state index is -3.32. The second kappa shape index (κ2) is 4.14. The van der Waals surface area contributed by atoms with Crippen molar-refractivity contribution < 1.29 is 8.42 Å². The van der Waals surface area contributed by atoms with Crippen molar-refractivity contribution in [2.45, 2.75) is 31.2 Å². The Hall–Kier alpha value is -0.810. The van der Waals surface area contributed by atoms with Crippen LogP contribution in [0.2, 0.25) is 0 Å². The summed E-state index contributed by atoms with van der Waals surface area (Å²) >= 11 is 0. The van der Waals surface area contributed by atoms with E-state index in [4.69, 9.17) is 0 Å². The lowest BCUT2D eigenvalue weighted by atomic mass is 10.3. The van der Waals surface area contributed by atoms with Crippen molar-refractivity contribution in [1.82, 2.24) is 9.29 Å². The molecular weight excluding hydrogens is 200 g/mol. The van der Waals surface area contributed by atoms with Gasteiger partial charge in [-0.2, -0.15) is 0 Å². The molecule has 80 valence electrons. The molecule has 0 saturated heterocycles. The van der Waals surface area contributed by atoms with Gasteiger partial charge in [0.05, 0.1) is 4.90 Å². The average molecular weight is 216 g/mol. The summed E-state index contributed by atoms with van der Waals surface area (Å²) in [5, 5.41) is 0. The molecule has 4 nitrogen and oxygen atoms in total. The molecule has 5 heteroatoms. The second-order valence-corrected chi connectivity index (χ2v) is 5.16. The Balaban J connectivity index is 2.86. The van der Waals surface area contributed by atoms with Crippen LogP contribution in [0, 0.1) is 0 Å². The van der Waals surface area contributed by atoms with Crippen molar-refractivity contribution in [3.8, 4) is 0 Å². The molecule has 0 bridgehead atoms. The van der Waals surface area contributed by atoms with E-state index in [2.05, 4.69) is 4.72 Å². The number of aromatic nitrogens is 1. The van der Waals surface area contributed by atoms with Gasteiger partial charge in [0.1, 0.15) is 0 Å². The van der Waals surface area contributed by atoms with Gasteiger partial charge in [-0.15, -0.1) is 0 Å². The third kappa shape index (κ3) is 2.59. The fraction of sp³-hybridized carbons (Fsp3) is 0.556. The van der Waals surface area contributed by atoms with Crippen LogP contribution in [-0.2, 0) is 17.1 Å². The summed E-state index contributed by atoms with van der Waals surface area (Å²) < 4.78 is 27.7. The predicted octanol–water partition coefficient (Wildman–Crippen LogP) is 1.10. The van der Waals surface area contributed by atoms with Gasteiger partial charge in [0, 0.05) is 25.5 Å². The van der Waals surface area contributed by atoms with Crippen molar-refractivity contribution in [1.29, 1.82) is 0 Å². The predicted molar refractivity (Wildman–Crippen MR) is 55.5 cm³/mol. The first-order valence-corrected chi connectivity index (χ1v) is 6.08. The topological polar surface area (TPSA) is 51.1 Å². The summed E-state index contributed by atoms with van der Waals surface area (Å²) in [6, 6.07) is 1.56. The van der Waals surface area contributed by atoms with E-state index in [1.54, 1.807) is 30.1 Å². The largest absolute Gasteiger partial charge is 0.356 e. The van der Waals surface area contributed by atoms with Crippen LogP contribution in [-0.4, -0.2) is 19.0 Å². The molecule has 0 radical (unpaired) electrons. The molecule has 1 atom stereocenters. The van der Waals surface area contributed by atoms with Gasteiger partial charge in [0.2, 0.25) is 10.0 Å². The van der Waals surface area contributed by atoms with Gasteiger partial charge >= 0.3 is 0 Å². The molecule has 1 rings (SSSR count). The number of nitrogens with one attached hydrogen (secondary N) is 1. The number of sulfonamides is 1. The molecule has 1 aromatic heterocycles. The number of aryl methyl sites for hydroxylation is 1. The smallest absolute Gasteiger partial charge is 0.242 e. The Bertz CT molecular complexity index is 395. The molecule has 1 N–H and O–H groups in total. The summed E-state index contributed by atoms with van der Waals surface area (Å²) in [6.07, 6.45) is 4.09. The van der Waals surface area contributed by atoms with Gasteiger partial charge in [-0.05, 0) is 19.4 Å². The maximum absolute atomic E-state index is 11.7. The Kier molecular flexibility index (Phi) is 3.34. The van der Waals surface area contributed by atoms with Gasteiger partial charge < -0.3 is 4.57 Å². The molecule has 0 spiro atoms. The van der Waals surface area contributed by atoms with E-state index in [0.29, 0.717) is 4.90 Å².